The molecule has 3 N–H and O–H groups in total. The third-order valence-corrected chi connectivity index (χ3v) is 6.42. The van der Waals surface area contributed by atoms with Crippen LogP contribution in [0.3, 0.4) is 0 Å². The highest BCUT2D eigenvalue weighted by molar-refractivity contribution is 5.82. The fourth-order valence-electron chi connectivity index (χ4n) is 4.60. The number of halogens is 2. The molecule has 3 atom stereocenters. The number of quaternary nitrogens is 1. The van der Waals surface area contributed by atoms with Gasteiger partial charge in [0.25, 0.3) is 5.91 Å². The second kappa shape index (κ2) is 9.23. The van der Waals surface area contributed by atoms with Crippen LogP contribution in [0.4, 0.5) is 8.78 Å². The van der Waals surface area contributed by atoms with Crippen molar-refractivity contribution in [1.29, 1.82) is 0 Å². The van der Waals surface area contributed by atoms with Gasteiger partial charge < -0.3 is 15.5 Å². The number of carbonyl (C=O) groups excluding carboxylic acids is 1. The van der Waals surface area contributed by atoms with Crippen molar-refractivity contribution in [2.24, 2.45) is 0 Å². The van der Waals surface area contributed by atoms with Crippen molar-refractivity contribution in [3.05, 3.63) is 59.9 Å². The third kappa shape index (κ3) is 4.71. The van der Waals surface area contributed by atoms with E-state index in [1.54, 1.807) is 17.0 Å². The summed E-state index contributed by atoms with van der Waals surface area (Å²) < 4.78 is 26.8. The fraction of sp³-hybridized carbons (Fsp3) is 0.458. The molecule has 4 rings (SSSR count). The van der Waals surface area contributed by atoms with E-state index in [2.05, 4.69) is 10.6 Å². The number of alkyl halides is 1. The van der Waals surface area contributed by atoms with E-state index in [9.17, 15) is 13.6 Å². The molecule has 2 heterocycles. The monoisotopic (exact) mass is 414 g/mol. The van der Waals surface area contributed by atoms with E-state index >= 15 is 0 Å². The maximum absolute atomic E-state index is 13.6. The molecule has 30 heavy (non-hydrogen) atoms. The molecule has 2 saturated heterocycles. The summed E-state index contributed by atoms with van der Waals surface area (Å²) in [6, 6.07) is 14.1. The van der Waals surface area contributed by atoms with E-state index in [4.69, 9.17) is 0 Å². The van der Waals surface area contributed by atoms with Crippen LogP contribution < -0.4 is 5.73 Å². The Morgan fingerprint density at radius 1 is 1.00 bits per heavy atom. The van der Waals surface area contributed by atoms with Gasteiger partial charge in [0, 0.05) is 13.1 Å². The van der Waals surface area contributed by atoms with Crippen LogP contribution in [-0.2, 0) is 4.79 Å². The van der Waals surface area contributed by atoms with E-state index in [1.165, 1.54) is 25.0 Å². The number of hydrogen-bond donors (Lipinski definition) is 1. The summed E-state index contributed by atoms with van der Waals surface area (Å²) in [5, 5.41) is 0. The fourth-order valence-corrected chi connectivity index (χ4v) is 4.60. The van der Waals surface area contributed by atoms with E-state index in [0.717, 1.165) is 36.3 Å². The predicted octanol–water partition coefficient (Wildman–Crippen LogP) is 2.85. The molecule has 2 aliphatic rings. The van der Waals surface area contributed by atoms with E-state index < -0.39 is 12.2 Å². The average molecular weight is 415 g/mol. The van der Waals surface area contributed by atoms with Gasteiger partial charge in [0.2, 0.25) is 0 Å². The maximum atomic E-state index is 13.6. The highest BCUT2D eigenvalue weighted by atomic mass is 19.1. The summed E-state index contributed by atoms with van der Waals surface area (Å²) in [6.07, 6.45) is 1.86. The highest BCUT2D eigenvalue weighted by Gasteiger charge is 2.37. The smallest absolute Gasteiger partial charge is 0.281 e. The zero-order valence-electron chi connectivity index (χ0n) is 17.3. The molecule has 2 fully saturated rings. The number of benzene rings is 2. The zero-order valence-corrected chi connectivity index (χ0v) is 17.3. The number of hydrogen-bond acceptors (Lipinski definition) is 2. The van der Waals surface area contributed by atoms with Crippen LogP contribution in [0.5, 0.6) is 0 Å². The van der Waals surface area contributed by atoms with Crippen molar-refractivity contribution in [2.75, 3.05) is 32.7 Å². The van der Waals surface area contributed by atoms with Crippen LogP contribution in [0.15, 0.2) is 48.5 Å². The molecule has 0 aliphatic carbocycles. The SMILES string of the molecule is [NH3+][C@H](C(=O)N1CC[C@H](F)C1)[C@@H](CN1CCCC1)c1ccc(-c2ccc(F)cc2)cc1. The first-order chi connectivity index (χ1) is 14.5. The number of likely N-dealkylation sites (tertiary alicyclic amines) is 2. The van der Waals surface area contributed by atoms with Crippen LogP contribution in [-0.4, -0.2) is 60.6 Å². The molecule has 2 aromatic rings. The van der Waals surface area contributed by atoms with Crippen LogP contribution in [0.25, 0.3) is 11.1 Å². The average Bonchev–Trinajstić information content (AvgIpc) is 3.43. The van der Waals surface area contributed by atoms with Gasteiger partial charge in [-0.3, -0.25) is 4.79 Å². The van der Waals surface area contributed by atoms with Gasteiger partial charge in [-0.2, -0.15) is 0 Å². The largest absolute Gasteiger partial charge is 0.347 e. The third-order valence-electron chi connectivity index (χ3n) is 6.42. The molecular formula is C24H30F2N3O+. The summed E-state index contributed by atoms with van der Waals surface area (Å²) in [6.45, 7) is 3.53. The Labute approximate surface area is 176 Å². The van der Waals surface area contributed by atoms with Crippen molar-refractivity contribution in [1.82, 2.24) is 9.80 Å². The Bertz CT molecular complexity index is 850. The summed E-state index contributed by atoms with van der Waals surface area (Å²) in [5.41, 5.74) is 7.26. The van der Waals surface area contributed by atoms with Crippen molar-refractivity contribution < 1.29 is 19.3 Å². The minimum Gasteiger partial charge on any atom is -0.347 e. The van der Waals surface area contributed by atoms with Gasteiger partial charge in [-0.1, -0.05) is 36.4 Å². The van der Waals surface area contributed by atoms with Gasteiger partial charge in [0.15, 0.2) is 6.04 Å². The molecule has 0 saturated carbocycles. The van der Waals surface area contributed by atoms with E-state index in [0.29, 0.717) is 13.0 Å². The lowest BCUT2D eigenvalue weighted by Gasteiger charge is -2.28. The number of rotatable bonds is 6. The van der Waals surface area contributed by atoms with Crippen LogP contribution in [0.2, 0.25) is 0 Å². The quantitative estimate of drug-likeness (QED) is 0.790. The molecule has 160 valence electrons. The lowest BCUT2D eigenvalue weighted by Crippen LogP contribution is -2.71. The zero-order chi connectivity index (χ0) is 21.1. The van der Waals surface area contributed by atoms with Gasteiger partial charge in [-0.15, -0.1) is 0 Å². The van der Waals surface area contributed by atoms with Gasteiger partial charge in [-0.05, 0) is 61.2 Å². The van der Waals surface area contributed by atoms with Crippen molar-refractivity contribution in [3.63, 3.8) is 0 Å². The molecule has 1 amide bonds. The Morgan fingerprint density at radius 3 is 2.17 bits per heavy atom. The van der Waals surface area contributed by atoms with E-state index in [1.807, 2.05) is 24.3 Å². The molecule has 2 aliphatic heterocycles. The molecule has 0 aromatic heterocycles. The lowest BCUT2D eigenvalue weighted by molar-refractivity contribution is -0.411. The first-order valence-electron chi connectivity index (χ1n) is 10.9. The number of nitrogens with zero attached hydrogens (tertiary/aromatic N) is 2. The number of carbonyl (C=O) groups is 1. The van der Waals surface area contributed by atoms with Crippen LogP contribution >= 0.6 is 0 Å². The van der Waals surface area contributed by atoms with Gasteiger partial charge in [-0.25, -0.2) is 8.78 Å². The Morgan fingerprint density at radius 2 is 1.60 bits per heavy atom. The summed E-state index contributed by atoms with van der Waals surface area (Å²) in [4.78, 5) is 17.1. The summed E-state index contributed by atoms with van der Waals surface area (Å²) >= 11 is 0. The molecule has 6 heteroatoms. The van der Waals surface area contributed by atoms with Crippen LogP contribution in [0, 0.1) is 5.82 Å². The molecular weight excluding hydrogens is 384 g/mol. The highest BCUT2D eigenvalue weighted by Crippen LogP contribution is 2.27. The van der Waals surface area contributed by atoms with Gasteiger partial charge >= 0.3 is 0 Å². The second-order valence-corrected chi connectivity index (χ2v) is 8.52. The Kier molecular flexibility index (Phi) is 6.44. The molecule has 0 unspecified atom stereocenters. The molecule has 0 bridgehead atoms. The number of amides is 1. The Hall–Kier alpha value is -2.31. The van der Waals surface area contributed by atoms with Gasteiger partial charge in [0.1, 0.15) is 12.0 Å². The van der Waals surface area contributed by atoms with Crippen molar-refractivity contribution in [2.45, 2.75) is 37.4 Å². The first kappa shape index (κ1) is 20.9. The molecule has 0 radical (unpaired) electrons. The predicted molar refractivity (Wildman–Crippen MR) is 113 cm³/mol. The van der Waals surface area contributed by atoms with Crippen molar-refractivity contribution >= 4 is 5.91 Å². The lowest BCUT2D eigenvalue weighted by atomic mass is 9.89. The standard InChI is InChI=1S/C24H29F2N3O/c25-20-9-7-18(8-10-20)17-3-5-19(6-4-17)22(16-28-12-1-2-13-28)23(27)24(30)29-14-11-21(26)15-29/h3-10,21-23H,1-2,11-16,27H2/p+1/t21-,22-,23-/m0/s1. The van der Waals surface area contributed by atoms with E-state index in [-0.39, 0.29) is 24.2 Å². The molecule has 2 aromatic carbocycles. The minimum absolute atomic E-state index is 0.0449. The molecule has 0 spiro atoms. The second-order valence-electron chi connectivity index (χ2n) is 8.52. The normalized spacial score (nSPS) is 21.7. The Balaban J connectivity index is 1.55. The molecule has 4 nitrogen and oxygen atoms in total. The topological polar surface area (TPSA) is 51.2 Å². The maximum Gasteiger partial charge on any atom is 0.281 e. The summed E-state index contributed by atoms with van der Waals surface area (Å²) in [5.74, 6) is -0.352. The van der Waals surface area contributed by atoms with Gasteiger partial charge in [0.05, 0.1) is 12.5 Å². The van der Waals surface area contributed by atoms with Crippen molar-refractivity contribution in [3.8, 4) is 11.1 Å². The first-order valence-corrected chi connectivity index (χ1v) is 10.9. The minimum atomic E-state index is -0.923. The summed E-state index contributed by atoms with van der Waals surface area (Å²) in [7, 11) is 0. The van der Waals surface area contributed by atoms with Crippen LogP contribution in [0.1, 0.15) is 30.7 Å².